The van der Waals surface area contributed by atoms with Crippen LogP contribution in [-0.2, 0) is 6.61 Å². The molecule has 0 aliphatic carbocycles. The number of rotatable bonds is 3. The van der Waals surface area contributed by atoms with Crippen molar-refractivity contribution in [3.63, 3.8) is 0 Å². The molecule has 0 saturated heterocycles. The fourth-order valence-electron chi connectivity index (χ4n) is 1.92. The van der Waals surface area contributed by atoms with Gasteiger partial charge in [0.25, 0.3) is 0 Å². The van der Waals surface area contributed by atoms with Crippen LogP contribution in [0.3, 0.4) is 0 Å². The standard InChI is InChI=1S/C18H18O2/c1-14-8-9-15(2)17(11-14)13-20-18-7-3-5-16(12-18)6-4-10-19/h3,5,7-9,11-12,19H,10,13H2,1-2H3. The number of aliphatic hydroxyl groups is 1. The Kier molecular flexibility index (Phi) is 4.81. The van der Waals surface area contributed by atoms with E-state index in [0.29, 0.717) is 6.61 Å². The molecule has 2 heteroatoms. The molecule has 0 radical (unpaired) electrons. The Morgan fingerprint density at radius 2 is 1.95 bits per heavy atom. The first kappa shape index (κ1) is 14.2. The number of hydrogen-bond acceptors (Lipinski definition) is 2. The van der Waals surface area contributed by atoms with Crippen LogP contribution in [0.4, 0.5) is 0 Å². The summed E-state index contributed by atoms with van der Waals surface area (Å²) in [5.41, 5.74) is 4.50. The van der Waals surface area contributed by atoms with Crippen LogP contribution in [0.1, 0.15) is 22.3 Å². The van der Waals surface area contributed by atoms with Crippen LogP contribution >= 0.6 is 0 Å². The maximum Gasteiger partial charge on any atom is 0.121 e. The zero-order valence-electron chi connectivity index (χ0n) is 11.8. The molecule has 0 spiro atoms. The van der Waals surface area contributed by atoms with Crippen molar-refractivity contribution in [3.05, 3.63) is 64.7 Å². The van der Waals surface area contributed by atoms with E-state index in [1.807, 2.05) is 24.3 Å². The summed E-state index contributed by atoms with van der Waals surface area (Å²) in [6, 6.07) is 13.9. The Hall–Kier alpha value is -2.24. The molecule has 20 heavy (non-hydrogen) atoms. The Morgan fingerprint density at radius 3 is 2.75 bits per heavy atom. The second-order valence-electron chi connectivity index (χ2n) is 4.71. The molecule has 0 heterocycles. The van der Waals surface area contributed by atoms with E-state index < -0.39 is 0 Å². The van der Waals surface area contributed by atoms with E-state index in [2.05, 4.69) is 43.9 Å². The van der Waals surface area contributed by atoms with Crippen molar-refractivity contribution in [1.82, 2.24) is 0 Å². The van der Waals surface area contributed by atoms with Crippen molar-refractivity contribution in [2.45, 2.75) is 20.5 Å². The van der Waals surface area contributed by atoms with Crippen LogP contribution in [0.25, 0.3) is 0 Å². The topological polar surface area (TPSA) is 29.5 Å². The lowest BCUT2D eigenvalue weighted by Gasteiger charge is -2.10. The van der Waals surface area contributed by atoms with Crippen LogP contribution in [0.15, 0.2) is 42.5 Å². The van der Waals surface area contributed by atoms with Gasteiger partial charge in [0, 0.05) is 5.56 Å². The minimum absolute atomic E-state index is 0.131. The van der Waals surface area contributed by atoms with E-state index in [4.69, 9.17) is 9.84 Å². The summed E-state index contributed by atoms with van der Waals surface area (Å²) < 4.78 is 5.82. The highest BCUT2D eigenvalue weighted by atomic mass is 16.5. The lowest BCUT2D eigenvalue weighted by molar-refractivity contribution is 0.305. The zero-order chi connectivity index (χ0) is 14.4. The van der Waals surface area contributed by atoms with Gasteiger partial charge in [-0.05, 0) is 43.2 Å². The first-order valence-electron chi connectivity index (χ1n) is 6.58. The number of hydrogen-bond donors (Lipinski definition) is 1. The molecule has 102 valence electrons. The summed E-state index contributed by atoms with van der Waals surface area (Å²) in [7, 11) is 0. The molecule has 0 bridgehead atoms. The van der Waals surface area contributed by atoms with E-state index in [1.165, 1.54) is 16.7 Å². The molecule has 2 aromatic carbocycles. The molecule has 0 aliphatic heterocycles. The zero-order valence-corrected chi connectivity index (χ0v) is 11.8. The second kappa shape index (κ2) is 6.79. The predicted octanol–water partition coefficient (Wildman–Crippen LogP) is 3.23. The maximum absolute atomic E-state index is 8.70. The third kappa shape index (κ3) is 3.88. The van der Waals surface area contributed by atoms with E-state index in [0.717, 1.165) is 11.3 Å². The van der Waals surface area contributed by atoms with Crippen LogP contribution in [0, 0.1) is 25.7 Å². The van der Waals surface area contributed by atoms with E-state index in [-0.39, 0.29) is 6.61 Å². The van der Waals surface area contributed by atoms with Gasteiger partial charge < -0.3 is 9.84 Å². The molecule has 0 fully saturated rings. The molecule has 0 atom stereocenters. The summed E-state index contributed by atoms with van der Waals surface area (Å²) in [6.07, 6.45) is 0. The fourth-order valence-corrected chi connectivity index (χ4v) is 1.92. The average molecular weight is 266 g/mol. The van der Waals surface area contributed by atoms with Crippen LogP contribution in [0.2, 0.25) is 0 Å². The first-order valence-corrected chi connectivity index (χ1v) is 6.58. The van der Waals surface area contributed by atoms with Gasteiger partial charge >= 0.3 is 0 Å². The largest absolute Gasteiger partial charge is 0.489 e. The van der Waals surface area contributed by atoms with Gasteiger partial charge in [-0.25, -0.2) is 0 Å². The smallest absolute Gasteiger partial charge is 0.121 e. The van der Waals surface area contributed by atoms with Crippen LogP contribution < -0.4 is 4.74 Å². The SMILES string of the molecule is Cc1ccc(C)c(COc2cccc(C#CCO)c2)c1. The quantitative estimate of drug-likeness (QED) is 0.864. The summed E-state index contributed by atoms with van der Waals surface area (Å²) >= 11 is 0. The lowest BCUT2D eigenvalue weighted by Crippen LogP contribution is -1.98. The Morgan fingerprint density at radius 1 is 1.10 bits per heavy atom. The van der Waals surface area contributed by atoms with Gasteiger partial charge in [0.15, 0.2) is 0 Å². The fraction of sp³-hybridized carbons (Fsp3) is 0.222. The van der Waals surface area contributed by atoms with Gasteiger partial charge in [-0.15, -0.1) is 0 Å². The average Bonchev–Trinajstić information content (AvgIpc) is 2.46. The first-order chi connectivity index (χ1) is 9.69. The summed E-state index contributed by atoms with van der Waals surface area (Å²) in [6.45, 7) is 4.58. The van der Waals surface area contributed by atoms with Gasteiger partial charge in [0.2, 0.25) is 0 Å². The Labute approximate surface area is 120 Å². The third-order valence-corrected chi connectivity index (χ3v) is 3.04. The Balaban J connectivity index is 2.09. The number of aliphatic hydroxyl groups excluding tert-OH is 1. The molecule has 2 rings (SSSR count). The number of benzene rings is 2. The van der Waals surface area contributed by atoms with Crippen LogP contribution in [0.5, 0.6) is 5.75 Å². The number of aryl methyl sites for hydroxylation is 2. The Bertz CT molecular complexity index is 648. The van der Waals surface area contributed by atoms with Crippen molar-refractivity contribution < 1.29 is 9.84 Å². The van der Waals surface area contributed by atoms with Gasteiger partial charge in [0.05, 0.1) is 0 Å². The molecule has 1 N–H and O–H groups in total. The molecular formula is C18H18O2. The number of ether oxygens (including phenoxy) is 1. The van der Waals surface area contributed by atoms with Crippen LogP contribution in [-0.4, -0.2) is 11.7 Å². The monoisotopic (exact) mass is 266 g/mol. The maximum atomic E-state index is 8.70. The molecule has 0 saturated carbocycles. The van der Waals surface area contributed by atoms with Crippen molar-refractivity contribution in [2.75, 3.05) is 6.61 Å². The van der Waals surface area contributed by atoms with Gasteiger partial charge in [0.1, 0.15) is 19.0 Å². The summed E-state index contributed by atoms with van der Waals surface area (Å²) in [5, 5.41) is 8.70. The highest BCUT2D eigenvalue weighted by molar-refractivity contribution is 5.40. The highest BCUT2D eigenvalue weighted by Gasteiger charge is 2.01. The summed E-state index contributed by atoms with van der Waals surface area (Å²) in [5.74, 6) is 6.29. The van der Waals surface area contributed by atoms with E-state index >= 15 is 0 Å². The molecule has 2 nitrogen and oxygen atoms in total. The van der Waals surface area contributed by atoms with E-state index in [1.54, 1.807) is 0 Å². The minimum Gasteiger partial charge on any atom is -0.489 e. The highest BCUT2D eigenvalue weighted by Crippen LogP contribution is 2.17. The van der Waals surface area contributed by atoms with Crippen molar-refractivity contribution >= 4 is 0 Å². The predicted molar refractivity (Wildman–Crippen MR) is 80.7 cm³/mol. The van der Waals surface area contributed by atoms with Crippen molar-refractivity contribution in [3.8, 4) is 17.6 Å². The molecule has 0 aliphatic rings. The van der Waals surface area contributed by atoms with Crippen molar-refractivity contribution in [1.29, 1.82) is 0 Å². The molecule has 0 unspecified atom stereocenters. The minimum atomic E-state index is -0.131. The van der Waals surface area contributed by atoms with Gasteiger partial charge in [-0.2, -0.15) is 0 Å². The van der Waals surface area contributed by atoms with Gasteiger partial charge in [-0.1, -0.05) is 41.7 Å². The third-order valence-electron chi connectivity index (χ3n) is 3.04. The summed E-state index contributed by atoms with van der Waals surface area (Å²) in [4.78, 5) is 0. The normalized spacial score (nSPS) is 9.75. The van der Waals surface area contributed by atoms with Crippen molar-refractivity contribution in [2.24, 2.45) is 0 Å². The molecule has 2 aromatic rings. The van der Waals surface area contributed by atoms with E-state index in [9.17, 15) is 0 Å². The second-order valence-corrected chi connectivity index (χ2v) is 4.71. The lowest BCUT2D eigenvalue weighted by atomic mass is 10.1. The molecule has 0 amide bonds. The molecular weight excluding hydrogens is 248 g/mol. The molecule has 0 aromatic heterocycles. The van der Waals surface area contributed by atoms with Gasteiger partial charge in [-0.3, -0.25) is 0 Å².